The Labute approximate surface area is 69.4 Å². The third-order valence-corrected chi connectivity index (χ3v) is 2.89. The van der Waals surface area contributed by atoms with E-state index in [4.69, 9.17) is 4.55 Å². The minimum atomic E-state index is -1.76. The number of rotatable bonds is 2. The maximum absolute atomic E-state index is 10.6. The van der Waals surface area contributed by atoms with Crippen LogP contribution >= 0.6 is 0 Å². The van der Waals surface area contributed by atoms with Crippen LogP contribution in [0.1, 0.15) is 12.8 Å². The van der Waals surface area contributed by atoms with E-state index in [1.54, 1.807) is 4.31 Å². The molecule has 1 saturated heterocycles. The quantitative estimate of drug-likeness (QED) is 0.576. The van der Waals surface area contributed by atoms with Gasteiger partial charge in [0.15, 0.2) is 0 Å². The predicted octanol–water partition coefficient (Wildman–Crippen LogP) is -0.193. The second-order valence-electron chi connectivity index (χ2n) is 2.72. The normalized spacial score (nSPS) is 25.3. The van der Waals surface area contributed by atoms with Gasteiger partial charge in [0.2, 0.25) is 11.3 Å². The van der Waals surface area contributed by atoms with E-state index in [-0.39, 0.29) is 0 Å². The molecule has 11 heavy (non-hydrogen) atoms. The van der Waals surface area contributed by atoms with Gasteiger partial charge >= 0.3 is 0 Å². The molecule has 1 atom stereocenters. The molecule has 0 aromatic carbocycles. The SMILES string of the molecule is CNC1CCN(S(=O)O)CC1. The number of nitrogens with one attached hydrogen (secondary N) is 1. The molecule has 1 unspecified atom stereocenters. The number of hydrogen-bond acceptors (Lipinski definition) is 2. The molecular weight excluding hydrogens is 164 g/mol. The van der Waals surface area contributed by atoms with Crippen LogP contribution in [0.15, 0.2) is 0 Å². The lowest BCUT2D eigenvalue weighted by Crippen LogP contribution is -2.41. The van der Waals surface area contributed by atoms with E-state index in [1.807, 2.05) is 7.05 Å². The Balaban J connectivity index is 2.30. The highest BCUT2D eigenvalue weighted by Gasteiger charge is 2.20. The Morgan fingerprint density at radius 3 is 2.45 bits per heavy atom. The minimum absolute atomic E-state index is 0.523. The third kappa shape index (κ3) is 2.52. The first-order valence-electron chi connectivity index (χ1n) is 3.77. The second kappa shape index (κ2) is 4.15. The van der Waals surface area contributed by atoms with Crippen LogP contribution in [-0.2, 0) is 11.3 Å². The lowest BCUT2D eigenvalue weighted by atomic mass is 10.1. The Kier molecular flexibility index (Phi) is 3.45. The highest BCUT2D eigenvalue weighted by molar-refractivity contribution is 7.76. The standard InChI is InChI=1S/C6H14N2O2S/c1-7-6-2-4-8(5-3-6)11(9)10/h6-7H,2-5H2,1H3,(H,9,10). The Bertz CT molecular complexity index is 146. The zero-order chi connectivity index (χ0) is 8.27. The van der Waals surface area contributed by atoms with E-state index in [0.717, 1.165) is 12.8 Å². The van der Waals surface area contributed by atoms with Crippen molar-refractivity contribution < 1.29 is 8.76 Å². The van der Waals surface area contributed by atoms with E-state index >= 15 is 0 Å². The summed E-state index contributed by atoms with van der Waals surface area (Å²) in [4.78, 5) is 0. The highest BCUT2D eigenvalue weighted by atomic mass is 32.2. The summed E-state index contributed by atoms with van der Waals surface area (Å²) in [6.07, 6.45) is 1.92. The van der Waals surface area contributed by atoms with Crippen molar-refractivity contribution in [3.63, 3.8) is 0 Å². The monoisotopic (exact) mass is 178 g/mol. The van der Waals surface area contributed by atoms with Crippen molar-refractivity contribution >= 4 is 11.3 Å². The zero-order valence-corrected chi connectivity index (χ0v) is 7.43. The van der Waals surface area contributed by atoms with Gasteiger partial charge in [0.25, 0.3) is 0 Å². The summed E-state index contributed by atoms with van der Waals surface area (Å²) < 4.78 is 20.9. The summed E-state index contributed by atoms with van der Waals surface area (Å²) >= 11 is -1.76. The molecule has 2 N–H and O–H groups in total. The van der Waals surface area contributed by atoms with Gasteiger partial charge in [-0.25, -0.2) is 8.51 Å². The van der Waals surface area contributed by atoms with Gasteiger partial charge in [-0.2, -0.15) is 0 Å². The molecule has 1 fully saturated rings. The van der Waals surface area contributed by atoms with Crippen molar-refractivity contribution in [3.8, 4) is 0 Å². The fourth-order valence-electron chi connectivity index (χ4n) is 1.30. The van der Waals surface area contributed by atoms with Crippen molar-refractivity contribution in [2.24, 2.45) is 0 Å². The van der Waals surface area contributed by atoms with Crippen LogP contribution in [0.5, 0.6) is 0 Å². The van der Waals surface area contributed by atoms with Gasteiger partial charge in [0.05, 0.1) is 0 Å². The second-order valence-corrected chi connectivity index (χ2v) is 3.70. The van der Waals surface area contributed by atoms with Crippen LogP contribution in [0, 0.1) is 0 Å². The first-order chi connectivity index (χ1) is 5.24. The van der Waals surface area contributed by atoms with Crippen molar-refractivity contribution in [1.82, 2.24) is 9.62 Å². The number of hydrogen-bond donors (Lipinski definition) is 2. The highest BCUT2D eigenvalue weighted by Crippen LogP contribution is 2.10. The van der Waals surface area contributed by atoms with Crippen LogP contribution in [0.25, 0.3) is 0 Å². The summed E-state index contributed by atoms with van der Waals surface area (Å²) in [6.45, 7) is 1.43. The molecule has 1 aliphatic rings. The average molecular weight is 178 g/mol. The molecule has 1 rings (SSSR count). The number of piperidine rings is 1. The molecule has 4 nitrogen and oxygen atoms in total. The van der Waals surface area contributed by atoms with E-state index < -0.39 is 11.3 Å². The largest absolute Gasteiger partial charge is 0.317 e. The molecule has 1 aliphatic heterocycles. The van der Waals surface area contributed by atoms with Gasteiger partial charge in [-0.05, 0) is 19.9 Å². The van der Waals surface area contributed by atoms with E-state index in [9.17, 15) is 4.21 Å². The fourth-order valence-corrected chi connectivity index (χ4v) is 1.82. The molecule has 0 radical (unpaired) electrons. The first kappa shape index (κ1) is 9.12. The summed E-state index contributed by atoms with van der Waals surface area (Å²) in [7, 11) is 1.93. The average Bonchev–Trinajstić information content (AvgIpc) is 2.05. The molecule has 0 amide bonds. The smallest absolute Gasteiger partial charge is 0.234 e. The molecule has 66 valence electrons. The molecule has 5 heteroatoms. The summed E-state index contributed by atoms with van der Waals surface area (Å²) in [5.74, 6) is 0. The molecular formula is C6H14N2O2S. The summed E-state index contributed by atoms with van der Waals surface area (Å²) in [5, 5.41) is 3.16. The topological polar surface area (TPSA) is 52.6 Å². The first-order valence-corrected chi connectivity index (χ1v) is 4.83. The maximum Gasteiger partial charge on any atom is 0.234 e. The van der Waals surface area contributed by atoms with Crippen molar-refractivity contribution in [2.75, 3.05) is 20.1 Å². The number of nitrogens with zero attached hydrogens (tertiary/aromatic N) is 1. The lowest BCUT2D eigenvalue weighted by Gasteiger charge is -2.28. The fraction of sp³-hybridized carbons (Fsp3) is 1.00. The molecule has 0 aliphatic carbocycles. The molecule has 0 aromatic rings. The van der Waals surface area contributed by atoms with Crippen molar-refractivity contribution in [2.45, 2.75) is 18.9 Å². The van der Waals surface area contributed by atoms with Gasteiger partial charge in [0.1, 0.15) is 0 Å². The van der Waals surface area contributed by atoms with Crippen LogP contribution in [0.3, 0.4) is 0 Å². The van der Waals surface area contributed by atoms with Crippen molar-refractivity contribution in [1.29, 1.82) is 0 Å². The lowest BCUT2D eigenvalue weighted by molar-refractivity contribution is 0.293. The van der Waals surface area contributed by atoms with Crippen LogP contribution in [-0.4, -0.2) is 39.2 Å². The summed E-state index contributed by atoms with van der Waals surface area (Å²) in [5.41, 5.74) is 0. The molecule has 0 spiro atoms. The van der Waals surface area contributed by atoms with Crippen molar-refractivity contribution in [3.05, 3.63) is 0 Å². The van der Waals surface area contributed by atoms with E-state index in [2.05, 4.69) is 5.32 Å². The van der Waals surface area contributed by atoms with Gasteiger partial charge in [0, 0.05) is 19.1 Å². The molecule has 1 heterocycles. The van der Waals surface area contributed by atoms with Gasteiger partial charge in [-0.3, -0.25) is 4.55 Å². The van der Waals surface area contributed by atoms with Crippen LogP contribution in [0.2, 0.25) is 0 Å². The van der Waals surface area contributed by atoms with Gasteiger partial charge < -0.3 is 5.32 Å². The zero-order valence-electron chi connectivity index (χ0n) is 6.62. The maximum atomic E-state index is 10.6. The third-order valence-electron chi connectivity index (χ3n) is 2.08. The Morgan fingerprint density at radius 2 is 2.09 bits per heavy atom. The molecule has 0 aromatic heterocycles. The van der Waals surface area contributed by atoms with E-state index in [0.29, 0.717) is 19.1 Å². The van der Waals surface area contributed by atoms with Gasteiger partial charge in [-0.1, -0.05) is 0 Å². The minimum Gasteiger partial charge on any atom is -0.317 e. The van der Waals surface area contributed by atoms with Crippen LogP contribution in [0.4, 0.5) is 0 Å². The van der Waals surface area contributed by atoms with E-state index in [1.165, 1.54) is 0 Å². The molecule has 0 saturated carbocycles. The van der Waals surface area contributed by atoms with Crippen LogP contribution < -0.4 is 5.32 Å². The summed E-state index contributed by atoms with van der Waals surface area (Å²) in [6, 6.07) is 0.523. The Morgan fingerprint density at radius 1 is 1.55 bits per heavy atom. The van der Waals surface area contributed by atoms with Gasteiger partial charge in [-0.15, -0.1) is 0 Å². The molecule has 0 bridgehead atoms. The Hall–Kier alpha value is 0.0300. The predicted molar refractivity (Wildman–Crippen MR) is 44.4 cm³/mol.